The van der Waals surface area contributed by atoms with Gasteiger partial charge in [-0.15, -0.1) is 0 Å². The smallest absolute Gasteiger partial charge is 0.410 e. The van der Waals surface area contributed by atoms with Crippen LogP contribution in [0.5, 0.6) is 5.75 Å². The summed E-state index contributed by atoms with van der Waals surface area (Å²) in [6, 6.07) is 5.34. The van der Waals surface area contributed by atoms with Crippen LogP contribution in [0.3, 0.4) is 0 Å². The molecule has 0 unspecified atom stereocenters. The summed E-state index contributed by atoms with van der Waals surface area (Å²) in [5.74, 6) is 1.35. The second-order valence-corrected chi connectivity index (χ2v) is 9.36. The highest BCUT2D eigenvalue weighted by Crippen LogP contribution is 2.29. The summed E-state index contributed by atoms with van der Waals surface area (Å²) in [6.07, 6.45) is 3.81. The standard InChI is InChI=1S/C24H30N6O4.C2H6/c1-24(2,3)34-23(32)30-9-7-15(8-10-30)12-25-22-28-19(20-21(29-22)27-14-26-20)16-5-6-18(33-4)17(11-16)13-31;1-2/h5-6,11,13-15H,7-10,12H2,1-4H3,(H2,25,26,27,28,29);1-2H3. The maximum Gasteiger partial charge on any atom is 0.410 e. The molecule has 1 saturated heterocycles. The molecule has 36 heavy (non-hydrogen) atoms. The van der Waals surface area contributed by atoms with Crippen molar-refractivity contribution < 1.29 is 19.1 Å². The first-order valence-corrected chi connectivity index (χ1v) is 12.3. The van der Waals surface area contributed by atoms with Crippen LogP contribution in [0, 0.1) is 5.92 Å². The molecule has 0 radical (unpaired) electrons. The van der Waals surface area contributed by atoms with Gasteiger partial charge in [0.1, 0.15) is 22.6 Å². The van der Waals surface area contributed by atoms with Gasteiger partial charge in [-0.1, -0.05) is 13.8 Å². The molecular weight excluding hydrogens is 460 g/mol. The van der Waals surface area contributed by atoms with Crippen LogP contribution in [0.1, 0.15) is 57.8 Å². The minimum atomic E-state index is -0.494. The number of ether oxygens (including phenoxy) is 2. The Labute approximate surface area is 211 Å². The van der Waals surface area contributed by atoms with Crippen LogP contribution >= 0.6 is 0 Å². The molecule has 1 aliphatic rings. The monoisotopic (exact) mass is 496 g/mol. The number of aldehydes is 1. The number of likely N-dealkylation sites (tertiary alicyclic amines) is 1. The lowest BCUT2D eigenvalue weighted by Gasteiger charge is -2.33. The number of anilines is 1. The number of carbonyl (C=O) groups excluding carboxylic acids is 2. The van der Waals surface area contributed by atoms with Gasteiger partial charge in [0.2, 0.25) is 5.95 Å². The number of hydrogen-bond acceptors (Lipinski definition) is 8. The normalized spacial score (nSPS) is 14.1. The molecule has 1 amide bonds. The molecule has 3 aromatic rings. The van der Waals surface area contributed by atoms with Gasteiger partial charge in [0.25, 0.3) is 0 Å². The molecule has 4 rings (SSSR count). The average molecular weight is 497 g/mol. The number of H-pyrrole nitrogens is 1. The van der Waals surface area contributed by atoms with Crippen LogP contribution in [0.15, 0.2) is 24.5 Å². The molecule has 0 saturated carbocycles. The van der Waals surface area contributed by atoms with Crippen molar-refractivity contribution >= 4 is 29.5 Å². The third kappa shape index (κ3) is 6.50. The van der Waals surface area contributed by atoms with Crippen molar-refractivity contribution in [1.82, 2.24) is 24.8 Å². The Balaban J connectivity index is 0.00000176. The van der Waals surface area contributed by atoms with E-state index in [0.29, 0.717) is 59.7 Å². The molecule has 2 N–H and O–H groups in total. The minimum Gasteiger partial charge on any atom is -0.496 e. The Hall–Kier alpha value is -3.69. The van der Waals surface area contributed by atoms with Gasteiger partial charge in [-0.25, -0.2) is 14.8 Å². The number of aromatic amines is 1. The molecule has 1 aromatic carbocycles. The van der Waals surface area contributed by atoms with Gasteiger partial charge in [0.05, 0.1) is 19.0 Å². The van der Waals surface area contributed by atoms with Crippen molar-refractivity contribution in [1.29, 1.82) is 0 Å². The van der Waals surface area contributed by atoms with Gasteiger partial charge in [0.15, 0.2) is 11.9 Å². The Bertz CT molecular complexity index is 1180. The number of rotatable bonds is 6. The molecule has 1 aliphatic heterocycles. The van der Waals surface area contributed by atoms with E-state index < -0.39 is 5.60 Å². The highest BCUT2D eigenvalue weighted by molar-refractivity contribution is 5.90. The zero-order chi connectivity index (χ0) is 26.3. The summed E-state index contributed by atoms with van der Waals surface area (Å²) in [4.78, 5) is 42.1. The van der Waals surface area contributed by atoms with Crippen LogP contribution in [0.4, 0.5) is 10.7 Å². The second kappa shape index (κ2) is 11.8. The molecule has 2 aromatic heterocycles. The fourth-order valence-corrected chi connectivity index (χ4v) is 3.98. The Kier molecular flexibility index (Phi) is 8.84. The van der Waals surface area contributed by atoms with Crippen LogP contribution in [-0.4, -0.2) is 69.6 Å². The molecule has 1 fully saturated rings. The minimum absolute atomic E-state index is 0.259. The maximum absolute atomic E-state index is 12.3. The zero-order valence-corrected chi connectivity index (χ0v) is 21.9. The highest BCUT2D eigenvalue weighted by Gasteiger charge is 2.27. The van der Waals surface area contributed by atoms with Crippen LogP contribution in [0.25, 0.3) is 22.4 Å². The summed E-state index contributed by atoms with van der Waals surface area (Å²) in [5.41, 5.74) is 2.58. The fourth-order valence-electron chi connectivity index (χ4n) is 3.98. The first-order valence-electron chi connectivity index (χ1n) is 12.3. The van der Waals surface area contributed by atoms with Crippen molar-refractivity contribution in [3.05, 3.63) is 30.1 Å². The SMILES string of the molecule is CC.COc1ccc(-c2nc(NCC3CCN(C(=O)OC(C)(C)C)CC3)nc3nc[nH]c23)cc1C=O. The van der Waals surface area contributed by atoms with E-state index in [1.165, 1.54) is 7.11 Å². The number of methoxy groups -OCH3 is 1. The summed E-state index contributed by atoms with van der Waals surface area (Å²) in [6.45, 7) is 11.6. The fraction of sp³-hybridized carbons (Fsp3) is 0.500. The predicted octanol–water partition coefficient (Wildman–Crippen LogP) is 4.93. The summed E-state index contributed by atoms with van der Waals surface area (Å²) >= 11 is 0. The molecule has 10 nitrogen and oxygen atoms in total. The first kappa shape index (κ1) is 26.9. The number of hydrogen-bond donors (Lipinski definition) is 2. The highest BCUT2D eigenvalue weighted by atomic mass is 16.6. The lowest BCUT2D eigenvalue weighted by molar-refractivity contribution is 0.0188. The van der Waals surface area contributed by atoms with Crippen molar-refractivity contribution in [2.75, 3.05) is 32.1 Å². The number of fused-ring (bicyclic) bond motifs is 1. The van der Waals surface area contributed by atoms with Gasteiger partial charge in [0, 0.05) is 25.2 Å². The molecule has 10 heteroatoms. The van der Waals surface area contributed by atoms with E-state index >= 15 is 0 Å². The quantitative estimate of drug-likeness (QED) is 0.461. The van der Waals surface area contributed by atoms with E-state index in [2.05, 4.69) is 20.3 Å². The molecule has 0 bridgehead atoms. The molecule has 0 atom stereocenters. The molecule has 0 aliphatic carbocycles. The van der Waals surface area contributed by atoms with E-state index in [1.54, 1.807) is 23.4 Å². The average Bonchev–Trinajstić information content (AvgIpc) is 3.36. The van der Waals surface area contributed by atoms with Gasteiger partial charge in [-0.05, 0) is 57.7 Å². The van der Waals surface area contributed by atoms with Gasteiger partial charge < -0.3 is 24.7 Å². The van der Waals surface area contributed by atoms with Crippen molar-refractivity contribution in [2.45, 2.75) is 53.1 Å². The third-order valence-electron chi connectivity index (χ3n) is 5.73. The van der Waals surface area contributed by atoms with Crippen LogP contribution in [-0.2, 0) is 4.74 Å². The largest absolute Gasteiger partial charge is 0.496 e. The first-order chi connectivity index (χ1) is 17.3. The van der Waals surface area contributed by atoms with Gasteiger partial charge in [-0.3, -0.25) is 4.79 Å². The van der Waals surface area contributed by atoms with E-state index in [1.807, 2.05) is 40.7 Å². The topological polar surface area (TPSA) is 122 Å². The molecule has 194 valence electrons. The summed E-state index contributed by atoms with van der Waals surface area (Å²) in [7, 11) is 1.53. The third-order valence-corrected chi connectivity index (χ3v) is 5.73. The lowest BCUT2D eigenvalue weighted by atomic mass is 9.97. The lowest BCUT2D eigenvalue weighted by Crippen LogP contribution is -2.42. The number of nitrogens with zero attached hydrogens (tertiary/aromatic N) is 4. The van der Waals surface area contributed by atoms with Crippen molar-refractivity contribution in [3.63, 3.8) is 0 Å². The second-order valence-electron chi connectivity index (χ2n) is 9.36. The van der Waals surface area contributed by atoms with E-state index in [4.69, 9.17) is 14.5 Å². The summed E-state index contributed by atoms with van der Waals surface area (Å²) < 4.78 is 10.7. The predicted molar refractivity (Wildman–Crippen MR) is 139 cm³/mol. The van der Waals surface area contributed by atoms with Gasteiger partial charge >= 0.3 is 6.09 Å². The molecule has 0 spiro atoms. The van der Waals surface area contributed by atoms with Crippen LogP contribution in [0.2, 0.25) is 0 Å². The number of benzene rings is 1. The summed E-state index contributed by atoms with van der Waals surface area (Å²) in [5, 5.41) is 3.33. The van der Waals surface area contributed by atoms with E-state index in [-0.39, 0.29) is 6.09 Å². The Morgan fingerprint density at radius 1 is 1.22 bits per heavy atom. The Morgan fingerprint density at radius 3 is 2.58 bits per heavy atom. The van der Waals surface area contributed by atoms with Crippen LogP contribution < -0.4 is 10.1 Å². The van der Waals surface area contributed by atoms with Gasteiger partial charge in [-0.2, -0.15) is 4.98 Å². The number of amides is 1. The number of imidazole rings is 1. The number of aromatic nitrogens is 4. The van der Waals surface area contributed by atoms with E-state index in [9.17, 15) is 9.59 Å². The van der Waals surface area contributed by atoms with Crippen molar-refractivity contribution in [3.8, 4) is 17.0 Å². The maximum atomic E-state index is 12.3. The number of nitrogens with one attached hydrogen (secondary N) is 2. The number of piperidine rings is 1. The molecular formula is C26H36N6O4. The van der Waals surface area contributed by atoms with E-state index in [0.717, 1.165) is 24.7 Å². The zero-order valence-electron chi connectivity index (χ0n) is 21.9. The van der Waals surface area contributed by atoms with Crippen molar-refractivity contribution in [2.24, 2.45) is 5.92 Å². The number of carbonyl (C=O) groups is 2. The Morgan fingerprint density at radius 2 is 1.94 bits per heavy atom. The molecule has 3 heterocycles.